The highest BCUT2D eigenvalue weighted by atomic mass is 32.2. The lowest BCUT2D eigenvalue weighted by Gasteiger charge is -2.35. The number of hydrogen-bond donors (Lipinski definition) is 0. The number of sulfonamides is 1. The van der Waals surface area contributed by atoms with Gasteiger partial charge < -0.3 is 0 Å². The Morgan fingerprint density at radius 2 is 1.68 bits per heavy atom. The van der Waals surface area contributed by atoms with Gasteiger partial charge in [-0.3, -0.25) is 0 Å². The zero-order valence-electron chi connectivity index (χ0n) is 13.0. The van der Waals surface area contributed by atoms with Crippen LogP contribution in [0.3, 0.4) is 0 Å². The monoisotopic (exact) mass is 345 g/mol. The first-order valence-electron chi connectivity index (χ1n) is 7.43. The average Bonchev–Trinajstić information content (AvgIpc) is 2.45. The maximum absolute atomic E-state index is 12.5. The molecule has 1 heterocycles. The quantitative estimate of drug-likeness (QED) is 0.817. The van der Waals surface area contributed by atoms with Gasteiger partial charge >= 0.3 is 0 Å². The van der Waals surface area contributed by atoms with Gasteiger partial charge in [-0.2, -0.15) is 4.31 Å². The van der Waals surface area contributed by atoms with Crippen LogP contribution in [-0.4, -0.2) is 45.4 Å². The molecule has 1 aromatic rings. The maximum Gasteiger partial charge on any atom is 0.215 e. The van der Waals surface area contributed by atoms with Crippen molar-refractivity contribution >= 4 is 19.9 Å². The lowest BCUT2D eigenvalue weighted by atomic mass is 9.97. The molecule has 22 heavy (non-hydrogen) atoms. The molecule has 0 aliphatic carbocycles. The van der Waals surface area contributed by atoms with E-state index in [1.165, 1.54) is 4.31 Å². The second kappa shape index (κ2) is 6.68. The molecule has 1 aliphatic heterocycles. The Morgan fingerprint density at radius 1 is 1.05 bits per heavy atom. The summed E-state index contributed by atoms with van der Waals surface area (Å²) in [5, 5.41) is 0. The van der Waals surface area contributed by atoms with E-state index in [2.05, 4.69) is 0 Å². The summed E-state index contributed by atoms with van der Waals surface area (Å²) in [6.45, 7) is 2.45. The van der Waals surface area contributed by atoms with E-state index in [0.717, 1.165) is 36.6 Å². The third-order valence-corrected chi connectivity index (χ3v) is 7.06. The highest BCUT2D eigenvalue weighted by Gasteiger charge is 2.33. The first-order chi connectivity index (χ1) is 10.2. The Balaban J connectivity index is 2.24. The number of benzene rings is 1. The van der Waals surface area contributed by atoms with Crippen LogP contribution in [0, 0.1) is 6.92 Å². The third kappa shape index (κ3) is 4.54. The number of sulfone groups is 1. The van der Waals surface area contributed by atoms with Crippen LogP contribution in [-0.2, 0) is 19.9 Å². The van der Waals surface area contributed by atoms with Crippen LogP contribution < -0.4 is 0 Å². The van der Waals surface area contributed by atoms with Gasteiger partial charge in [0, 0.05) is 18.8 Å². The van der Waals surface area contributed by atoms with Gasteiger partial charge in [0.1, 0.15) is 9.84 Å². The normalized spacial score (nSPS) is 20.9. The average molecular weight is 345 g/mol. The summed E-state index contributed by atoms with van der Waals surface area (Å²) in [6, 6.07) is 7.70. The highest BCUT2D eigenvalue weighted by Crippen LogP contribution is 2.33. The maximum atomic E-state index is 12.5. The minimum atomic E-state index is -3.57. The molecular weight excluding hydrogens is 322 g/mol. The van der Waals surface area contributed by atoms with Crippen LogP contribution in [0.5, 0.6) is 0 Å². The summed E-state index contributed by atoms with van der Waals surface area (Å²) in [5.74, 6) is -0.666. The number of rotatable bonds is 5. The second-order valence-electron chi connectivity index (χ2n) is 5.98. The molecule has 0 bridgehead atoms. The SMILES string of the molecule is Cc1ccc(C2CCCCN2S(=O)(=O)CCS(C)(=O)=O)cc1. The summed E-state index contributed by atoms with van der Waals surface area (Å²) in [7, 11) is -6.86. The van der Waals surface area contributed by atoms with E-state index in [4.69, 9.17) is 0 Å². The molecule has 0 radical (unpaired) electrons. The molecule has 1 aliphatic rings. The lowest BCUT2D eigenvalue weighted by Crippen LogP contribution is -2.40. The molecule has 1 aromatic carbocycles. The largest absolute Gasteiger partial charge is 0.229 e. The Morgan fingerprint density at radius 3 is 2.27 bits per heavy atom. The molecule has 1 fully saturated rings. The summed E-state index contributed by atoms with van der Waals surface area (Å²) in [6.07, 6.45) is 3.65. The number of hydrogen-bond acceptors (Lipinski definition) is 4. The van der Waals surface area contributed by atoms with Gasteiger partial charge in [0.2, 0.25) is 10.0 Å². The van der Waals surface area contributed by atoms with Crippen molar-refractivity contribution in [2.45, 2.75) is 32.2 Å². The molecule has 1 saturated heterocycles. The van der Waals surface area contributed by atoms with Crippen molar-refractivity contribution in [2.24, 2.45) is 0 Å². The minimum absolute atomic E-state index is 0.182. The van der Waals surface area contributed by atoms with E-state index >= 15 is 0 Å². The van der Waals surface area contributed by atoms with Gasteiger partial charge in [0.25, 0.3) is 0 Å². The third-order valence-electron chi connectivity index (χ3n) is 3.99. The van der Waals surface area contributed by atoms with Crippen molar-refractivity contribution in [3.8, 4) is 0 Å². The van der Waals surface area contributed by atoms with E-state index in [0.29, 0.717) is 6.54 Å². The van der Waals surface area contributed by atoms with Crippen LogP contribution >= 0.6 is 0 Å². The zero-order chi connectivity index (χ0) is 16.4. The van der Waals surface area contributed by atoms with Crippen molar-refractivity contribution < 1.29 is 16.8 Å². The second-order valence-corrected chi connectivity index (χ2v) is 10.3. The number of aryl methyl sites for hydroxylation is 1. The van der Waals surface area contributed by atoms with Crippen LogP contribution in [0.2, 0.25) is 0 Å². The van der Waals surface area contributed by atoms with Crippen molar-refractivity contribution in [3.63, 3.8) is 0 Å². The molecule has 0 aromatic heterocycles. The summed E-state index contributed by atoms with van der Waals surface area (Å²) in [5.41, 5.74) is 2.11. The van der Waals surface area contributed by atoms with E-state index in [1.54, 1.807) is 0 Å². The van der Waals surface area contributed by atoms with Gasteiger partial charge in [-0.15, -0.1) is 0 Å². The van der Waals surface area contributed by atoms with Crippen molar-refractivity contribution in [2.75, 3.05) is 24.3 Å². The van der Waals surface area contributed by atoms with Gasteiger partial charge in [0.05, 0.1) is 11.5 Å². The number of piperidine rings is 1. The van der Waals surface area contributed by atoms with E-state index < -0.39 is 19.9 Å². The fraction of sp³-hybridized carbons (Fsp3) is 0.600. The summed E-state index contributed by atoms with van der Waals surface area (Å²) in [4.78, 5) is 0. The molecular formula is C15H23NO4S2. The molecule has 5 nitrogen and oxygen atoms in total. The molecule has 2 rings (SSSR count). The van der Waals surface area contributed by atoms with E-state index in [-0.39, 0.29) is 17.5 Å². The fourth-order valence-electron chi connectivity index (χ4n) is 2.73. The van der Waals surface area contributed by atoms with E-state index in [1.807, 2.05) is 31.2 Å². The van der Waals surface area contributed by atoms with E-state index in [9.17, 15) is 16.8 Å². The van der Waals surface area contributed by atoms with Gasteiger partial charge in [-0.25, -0.2) is 16.8 Å². The van der Waals surface area contributed by atoms with Crippen LogP contribution in [0.4, 0.5) is 0 Å². The predicted molar refractivity (Wildman–Crippen MR) is 88.0 cm³/mol. The Hall–Kier alpha value is -0.920. The van der Waals surface area contributed by atoms with Gasteiger partial charge in [0.15, 0.2) is 0 Å². The van der Waals surface area contributed by atoms with Crippen molar-refractivity contribution in [1.82, 2.24) is 4.31 Å². The van der Waals surface area contributed by atoms with Gasteiger partial charge in [-0.1, -0.05) is 36.2 Å². The number of nitrogens with zero attached hydrogens (tertiary/aromatic N) is 1. The minimum Gasteiger partial charge on any atom is -0.229 e. The molecule has 0 N–H and O–H groups in total. The van der Waals surface area contributed by atoms with Crippen molar-refractivity contribution in [3.05, 3.63) is 35.4 Å². The van der Waals surface area contributed by atoms with Crippen LogP contribution in [0.1, 0.15) is 36.4 Å². The molecule has 0 amide bonds. The molecule has 7 heteroatoms. The highest BCUT2D eigenvalue weighted by molar-refractivity contribution is 7.93. The predicted octanol–water partition coefficient (Wildman–Crippen LogP) is 1.90. The molecule has 124 valence electrons. The van der Waals surface area contributed by atoms with Crippen LogP contribution in [0.25, 0.3) is 0 Å². The first-order valence-corrected chi connectivity index (χ1v) is 11.1. The summed E-state index contributed by atoms with van der Waals surface area (Å²) >= 11 is 0. The smallest absolute Gasteiger partial charge is 0.215 e. The Bertz CT molecular complexity index is 708. The topological polar surface area (TPSA) is 71.5 Å². The molecule has 1 atom stereocenters. The Labute approximate surface area is 133 Å². The zero-order valence-corrected chi connectivity index (χ0v) is 14.7. The van der Waals surface area contributed by atoms with Crippen LogP contribution in [0.15, 0.2) is 24.3 Å². The molecule has 0 spiro atoms. The molecule has 0 saturated carbocycles. The van der Waals surface area contributed by atoms with Crippen molar-refractivity contribution in [1.29, 1.82) is 0 Å². The lowest BCUT2D eigenvalue weighted by molar-refractivity contribution is 0.256. The first kappa shape index (κ1) is 17.4. The van der Waals surface area contributed by atoms with Gasteiger partial charge in [-0.05, 0) is 25.3 Å². The molecule has 1 unspecified atom stereocenters. The Kier molecular flexibility index (Phi) is 5.29. The summed E-state index contributed by atoms with van der Waals surface area (Å²) < 4.78 is 49.1. The fourth-order valence-corrected chi connectivity index (χ4v) is 6.04. The standard InChI is InChI=1S/C15H23NO4S2/c1-13-6-8-14(9-7-13)15-5-3-4-10-16(15)22(19,20)12-11-21(2,17)18/h6-9,15H,3-5,10-12H2,1-2H3.